The summed E-state index contributed by atoms with van der Waals surface area (Å²) in [6, 6.07) is 1.91. The zero-order chi connectivity index (χ0) is 6.24. The molecule has 44 valence electrons. The highest BCUT2D eigenvalue weighted by Crippen LogP contribution is 1.83. The normalized spacial score (nSPS) is 6.50. The van der Waals surface area contributed by atoms with E-state index in [1.807, 2.05) is 11.4 Å². The molecule has 0 atom stereocenters. The zero-order valence-corrected chi connectivity index (χ0v) is 5.06. The minimum Gasteiger partial charge on any atom is -0.390 e. The molecule has 0 aliphatic heterocycles. The van der Waals surface area contributed by atoms with E-state index in [0.29, 0.717) is 0 Å². The van der Waals surface area contributed by atoms with E-state index in [4.69, 9.17) is 5.41 Å². The Morgan fingerprint density at radius 3 is 2.50 bits per heavy atom. The lowest BCUT2D eigenvalue weighted by atomic mass is 10.8. The summed E-state index contributed by atoms with van der Waals surface area (Å²) in [4.78, 5) is 0. The summed E-state index contributed by atoms with van der Waals surface area (Å²) >= 11 is 1.46. The molecule has 4 heteroatoms. The molecule has 1 aromatic heterocycles. The molecule has 1 rings (SSSR count). The second kappa shape index (κ2) is 6.10. The van der Waals surface area contributed by atoms with E-state index in [-0.39, 0.29) is 0 Å². The summed E-state index contributed by atoms with van der Waals surface area (Å²) in [7, 11) is 0. The van der Waals surface area contributed by atoms with Crippen LogP contribution in [0.4, 0.5) is 0 Å². The van der Waals surface area contributed by atoms with Gasteiger partial charge in [-0.2, -0.15) is 0 Å². The van der Waals surface area contributed by atoms with Crippen molar-refractivity contribution in [1.82, 2.24) is 4.37 Å². The third kappa shape index (κ3) is 5.10. The summed E-state index contributed by atoms with van der Waals surface area (Å²) in [6.45, 7) is 0. The van der Waals surface area contributed by atoms with Crippen LogP contribution in [0.25, 0.3) is 0 Å². The summed E-state index contributed by atoms with van der Waals surface area (Å²) in [5, 5.41) is 7.79. The van der Waals surface area contributed by atoms with Gasteiger partial charge in [0.25, 0.3) is 0 Å². The molecule has 1 heterocycles. The first-order valence-electron chi connectivity index (χ1n) is 1.97. The molecule has 0 saturated heterocycles. The lowest BCUT2D eigenvalue weighted by Gasteiger charge is -1.41. The molecular formula is C4H7N3S. The van der Waals surface area contributed by atoms with Crippen LogP contribution >= 0.6 is 11.5 Å². The van der Waals surface area contributed by atoms with Crippen molar-refractivity contribution in [3.8, 4) is 0 Å². The Morgan fingerprint density at radius 1 is 1.75 bits per heavy atom. The largest absolute Gasteiger partial charge is 0.390 e. The third-order valence-electron chi connectivity index (χ3n) is 0.347. The maximum absolute atomic E-state index is 5.86. The minimum absolute atomic E-state index is 0.750. The summed E-state index contributed by atoms with van der Waals surface area (Å²) in [6.07, 6.45) is 2.52. The van der Waals surface area contributed by atoms with Gasteiger partial charge in [0.05, 0.1) is 6.34 Å². The van der Waals surface area contributed by atoms with Crippen LogP contribution in [0.2, 0.25) is 0 Å². The topological polar surface area (TPSA) is 62.8 Å². The van der Waals surface area contributed by atoms with Gasteiger partial charge in [-0.1, -0.05) is 0 Å². The van der Waals surface area contributed by atoms with Crippen molar-refractivity contribution in [1.29, 1.82) is 5.41 Å². The van der Waals surface area contributed by atoms with Crippen molar-refractivity contribution >= 4 is 17.9 Å². The molecular weight excluding hydrogens is 122 g/mol. The SMILES string of the molecule is N=CN.c1cnsc1. The number of hydrogen-bond donors (Lipinski definition) is 2. The molecule has 1 aromatic rings. The number of nitrogens with zero attached hydrogens (tertiary/aromatic N) is 1. The van der Waals surface area contributed by atoms with Crippen LogP contribution in [-0.2, 0) is 0 Å². The van der Waals surface area contributed by atoms with Gasteiger partial charge in [0.1, 0.15) is 0 Å². The standard InChI is InChI=1S/C3H3NS.CH4N2/c1-2-4-5-3-1;2-1-3/h1-3H;1H,(H3,2,3). The Bertz CT molecular complexity index is 97.6. The fourth-order valence-electron chi connectivity index (χ4n) is 0.176. The summed E-state index contributed by atoms with van der Waals surface area (Å²) in [5.41, 5.74) is 4.39. The molecule has 0 spiro atoms. The van der Waals surface area contributed by atoms with Crippen LogP contribution in [0.5, 0.6) is 0 Å². The number of nitrogens with one attached hydrogen (secondary N) is 1. The molecule has 0 radical (unpaired) electrons. The average molecular weight is 129 g/mol. The lowest BCUT2D eigenvalue weighted by Crippen LogP contribution is -1.81. The summed E-state index contributed by atoms with van der Waals surface area (Å²) < 4.78 is 3.76. The Balaban J connectivity index is 0.000000145. The first kappa shape index (κ1) is 7.10. The van der Waals surface area contributed by atoms with Gasteiger partial charge < -0.3 is 5.73 Å². The van der Waals surface area contributed by atoms with Crippen molar-refractivity contribution in [2.45, 2.75) is 0 Å². The molecule has 0 aromatic carbocycles. The van der Waals surface area contributed by atoms with E-state index in [2.05, 4.69) is 10.1 Å². The van der Waals surface area contributed by atoms with Crippen LogP contribution in [-0.4, -0.2) is 10.7 Å². The van der Waals surface area contributed by atoms with Crippen molar-refractivity contribution in [2.75, 3.05) is 0 Å². The number of rotatable bonds is 0. The second-order valence-corrected chi connectivity index (χ2v) is 1.55. The molecule has 8 heavy (non-hydrogen) atoms. The van der Waals surface area contributed by atoms with Gasteiger partial charge in [0, 0.05) is 11.6 Å². The molecule has 0 saturated carbocycles. The van der Waals surface area contributed by atoms with Crippen LogP contribution < -0.4 is 5.73 Å². The number of nitrogens with two attached hydrogens (primary N) is 1. The molecule has 3 N–H and O–H groups in total. The Hall–Kier alpha value is -0.900. The number of hydrogen-bond acceptors (Lipinski definition) is 3. The van der Waals surface area contributed by atoms with Gasteiger partial charge in [-0.15, -0.1) is 0 Å². The van der Waals surface area contributed by atoms with E-state index in [1.54, 1.807) is 6.20 Å². The van der Waals surface area contributed by atoms with Gasteiger partial charge in [-0.05, 0) is 17.6 Å². The van der Waals surface area contributed by atoms with Crippen molar-refractivity contribution < 1.29 is 0 Å². The van der Waals surface area contributed by atoms with Crippen molar-refractivity contribution in [2.24, 2.45) is 5.73 Å². The minimum atomic E-state index is 0.750. The first-order valence-corrected chi connectivity index (χ1v) is 2.80. The van der Waals surface area contributed by atoms with E-state index >= 15 is 0 Å². The predicted octanol–water partition coefficient (Wildman–Crippen LogP) is 0.695. The molecule has 0 aliphatic carbocycles. The maximum Gasteiger partial charge on any atom is 0.0765 e. The van der Waals surface area contributed by atoms with E-state index in [0.717, 1.165) is 6.34 Å². The van der Waals surface area contributed by atoms with Gasteiger partial charge in [0.15, 0.2) is 0 Å². The lowest BCUT2D eigenvalue weighted by molar-refractivity contribution is 1.52. The van der Waals surface area contributed by atoms with Crippen LogP contribution in [0.15, 0.2) is 17.6 Å². The Labute approximate surface area is 51.8 Å². The van der Waals surface area contributed by atoms with Gasteiger partial charge >= 0.3 is 0 Å². The zero-order valence-electron chi connectivity index (χ0n) is 4.24. The Morgan fingerprint density at radius 2 is 2.38 bits per heavy atom. The highest BCUT2D eigenvalue weighted by Gasteiger charge is 1.59. The fourth-order valence-corrected chi connectivity index (χ4v) is 0.527. The molecule has 0 unspecified atom stereocenters. The maximum atomic E-state index is 5.86. The highest BCUT2D eigenvalue weighted by atomic mass is 32.1. The van der Waals surface area contributed by atoms with Crippen molar-refractivity contribution in [3.05, 3.63) is 17.6 Å². The highest BCUT2D eigenvalue weighted by molar-refractivity contribution is 7.03. The quantitative estimate of drug-likeness (QED) is 0.400. The van der Waals surface area contributed by atoms with Crippen LogP contribution in [0, 0.1) is 5.41 Å². The number of aromatic nitrogens is 1. The Kier molecular flexibility index (Phi) is 5.41. The monoisotopic (exact) mass is 129 g/mol. The second-order valence-electron chi connectivity index (χ2n) is 0.855. The van der Waals surface area contributed by atoms with Crippen LogP contribution in [0.3, 0.4) is 0 Å². The van der Waals surface area contributed by atoms with Crippen LogP contribution in [0.1, 0.15) is 0 Å². The van der Waals surface area contributed by atoms with Gasteiger partial charge in [0.2, 0.25) is 0 Å². The predicted molar refractivity (Wildman–Crippen MR) is 35.1 cm³/mol. The van der Waals surface area contributed by atoms with E-state index < -0.39 is 0 Å². The fraction of sp³-hybridized carbons (Fsp3) is 0. The molecule has 0 aliphatic rings. The summed E-state index contributed by atoms with van der Waals surface area (Å²) in [5.74, 6) is 0. The molecule has 0 amide bonds. The first-order chi connectivity index (χ1) is 3.91. The van der Waals surface area contributed by atoms with Crippen molar-refractivity contribution in [3.63, 3.8) is 0 Å². The average Bonchev–Trinajstić information content (AvgIpc) is 2.17. The third-order valence-corrected chi connectivity index (χ3v) is 0.869. The van der Waals surface area contributed by atoms with Gasteiger partial charge in [-0.3, -0.25) is 5.41 Å². The smallest absolute Gasteiger partial charge is 0.0765 e. The molecule has 0 fully saturated rings. The van der Waals surface area contributed by atoms with E-state index in [1.165, 1.54) is 11.5 Å². The molecule has 3 nitrogen and oxygen atoms in total. The van der Waals surface area contributed by atoms with Gasteiger partial charge in [-0.25, -0.2) is 4.37 Å². The molecule has 0 bridgehead atoms. The van der Waals surface area contributed by atoms with E-state index in [9.17, 15) is 0 Å².